The van der Waals surface area contributed by atoms with Crippen molar-refractivity contribution >= 4 is 39.1 Å². The van der Waals surface area contributed by atoms with Crippen molar-refractivity contribution in [2.24, 2.45) is 0 Å². The van der Waals surface area contributed by atoms with E-state index in [-0.39, 0.29) is 23.4 Å². The van der Waals surface area contributed by atoms with Gasteiger partial charge in [0.1, 0.15) is 12.6 Å². The van der Waals surface area contributed by atoms with Gasteiger partial charge in [0.2, 0.25) is 11.8 Å². The normalized spacial score (nSPS) is 12.2. The Morgan fingerprint density at radius 3 is 2.08 bits per heavy atom. The zero-order valence-corrected chi connectivity index (χ0v) is 23.9. The molecular weight excluding hydrogens is 522 g/mol. The van der Waals surface area contributed by atoms with E-state index in [0.717, 1.165) is 15.4 Å². The first kappa shape index (κ1) is 29.2. The number of hydrogen-bond acceptors (Lipinski definition) is 4. The van der Waals surface area contributed by atoms with Gasteiger partial charge in [-0.25, -0.2) is 8.42 Å². The number of halogens is 1. The maximum Gasteiger partial charge on any atom is 0.264 e. The molecule has 9 heteroatoms. The molecule has 1 N–H and O–H groups in total. The van der Waals surface area contributed by atoms with Gasteiger partial charge in [-0.15, -0.1) is 0 Å². The Balaban J connectivity index is 2.04. The predicted molar refractivity (Wildman–Crippen MR) is 152 cm³/mol. The number of nitrogens with zero attached hydrogens (tertiary/aromatic N) is 2. The number of para-hydroxylation sites is 1. The predicted octanol–water partition coefficient (Wildman–Crippen LogP) is 5.09. The molecule has 2 amide bonds. The number of carbonyl (C=O) groups is 2. The summed E-state index contributed by atoms with van der Waals surface area (Å²) in [4.78, 5) is 28.3. The lowest BCUT2D eigenvalue weighted by Crippen LogP contribution is -2.52. The Bertz CT molecular complexity index is 1370. The lowest BCUT2D eigenvalue weighted by Gasteiger charge is -2.32. The molecule has 0 spiro atoms. The first-order chi connectivity index (χ1) is 17.9. The fraction of sp³-hybridized carbons (Fsp3) is 0.310. The van der Waals surface area contributed by atoms with E-state index in [9.17, 15) is 18.0 Å². The molecule has 38 heavy (non-hydrogen) atoms. The molecule has 0 aliphatic carbocycles. The van der Waals surface area contributed by atoms with Gasteiger partial charge in [0, 0.05) is 17.6 Å². The summed E-state index contributed by atoms with van der Waals surface area (Å²) in [6, 6.07) is 19.5. The molecule has 0 aliphatic rings. The van der Waals surface area contributed by atoms with E-state index in [0.29, 0.717) is 16.3 Å². The highest BCUT2D eigenvalue weighted by atomic mass is 35.5. The van der Waals surface area contributed by atoms with Gasteiger partial charge in [0.15, 0.2) is 0 Å². The van der Waals surface area contributed by atoms with Gasteiger partial charge in [-0.3, -0.25) is 13.9 Å². The first-order valence-corrected chi connectivity index (χ1v) is 14.2. The minimum Gasteiger partial charge on any atom is -0.352 e. The quantitative estimate of drug-likeness (QED) is 0.377. The molecule has 0 saturated heterocycles. The molecule has 0 aliphatic heterocycles. The van der Waals surface area contributed by atoms with Gasteiger partial charge in [-0.2, -0.15) is 0 Å². The Morgan fingerprint density at radius 2 is 1.50 bits per heavy atom. The molecule has 7 nitrogen and oxygen atoms in total. The topological polar surface area (TPSA) is 86.8 Å². The molecule has 1 atom stereocenters. The molecule has 3 aromatic rings. The number of aryl methyl sites for hydroxylation is 2. The second-order valence-corrected chi connectivity index (χ2v) is 11.9. The van der Waals surface area contributed by atoms with Gasteiger partial charge in [-0.05, 0) is 76.1 Å². The number of carbonyl (C=O) groups excluding carboxylic acids is 2. The van der Waals surface area contributed by atoms with Crippen molar-refractivity contribution in [1.82, 2.24) is 10.2 Å². The van der Waals surface area contributed by atoms with Crippen LogP contribution in [0.4, 0.5) is 5.69 Å². The van der Waals surface area contributed by atoms with Crippen LogP contribution in [-0.2, 0) is 26.2 Å². The number of anilines is 1. The molecule has 0 heterocycles. The van der Waals surface area contributed by atoms with Crippen molar-refractivity contribution in [3.05, 3.63) is 94.5 Å². The van der Waals surface area contributed by atoms with Crippen molar-refractivity contribution in [2.75, 3.05) is 10.8 Å². The number of rotatable bonds is 10. The van der Waals surface area contributed by atoms with Crippen LogP contribution in [0.2, 0.25) is 5.02 Å². The number of nitrogens with one attached hydrogen (secondary N) is 1. The minimum atomic E-state index is -4.14. The number of amides is 2. The third kappa shape index (κ3) is 7.14. The third-order valence-electron chi connectivity index (χ3n) is 6.14. The maximum absolute atomic E-state index is 13.9. The minimum absolute atomic E-state index is 0.00800. The van der Waals surface area contributed by atoms with Crippen LogP contribution in [0.1, 0.15) is 37.5 Å². The fourth-order valence-electron chi connectivity index (χ4n) is 3.97. The summed E-state index contributed by atoms with van der Waals surface area (Å²) in [5.74, 6) is -0.818. The van der Waals surface area contributed by atoms with Crippen molar-refractivity contribution < 1.29 is 18.0 Å². The summed E-state index contributed by atoms with van der Waals surface area (Å²) in [5, 5.41) is 3.25. The highest BCUT2D eigenvalue weighted by Gasteiger charge is 2.33. The van der Waals surface area contributed by atoms with Crippen LogP contribution in [0.5, 0.6) is 0 Å². The molecule has 0 bridgehead atoms. The first-order valence-electron chi connectivity index (χ1n) is 12.4. The van der Waals surface area contributed by atoms with E-state index < -0.39 is 28.5 Å². The van der Waals surface area contributed by atoms with Crippen molar-refractivity contribution in [3.63, 3.8) is 0 Å². The average molecular weight is 556 g/mol. The molecule has 3 aromatic carbocycles. The van der Waals surface area contributed by atoms with Crippen molar-refractivity contribution in [3.8, 4) is 0 Å². The molecule has 1 unspecified atom stereocenters. The second kappa shape index (κ2) is 12.5. The summed E-state index contributed by atoms with van der Waals surface area (Å²) in [5.41, 5.74) is 2.96. The molecule has 0 radical (unpaired) electrons. The summed E-state index contributed by atoms with van der Waals surface area (Å²) in [7, 11) is -4.14. The van der Waals surface area contributed by atoms with Crippen molar-refractivity contribution in [2.45, 2.75) is 58.1 Å². The molecule has 202 valence electrons. The van der Waals surface area contributed by atoms with Gasteiger partial charge in [0.05, 0.1) is 10.6 Å². The van der Waals surface area contributed by atoms with E-state index in [1.807, 2.05) is 45.0 Å². The lowest BCUT2D eigenvalue weighted by atomic mass is 10.1. The van der Waals surface area contributed by atoms with Gasteiger partial charge in [-0.1, -0.05) is 59.6 Å². The zero-order valence-electron chi connectivity index (χ0n) is 22.3. The van der Waals surface area contributed by atoms with Crippen LogP contribution in [0, 0.1) is 13.8 Å². The maximum atomic E-state index is 13.9. The summed E-state index contributed by atoms with van der Waals surface area (Å²) in [6.07, 6.45) is 0. The van der Waals surface area contributed by atoms with Crippen LogP contribution in [-0.4, -0.2) is 43.8 Å². The monoisotopic (exact) mass is 555 g/mol. The van der Waals surface area contributed by atoms with E-state index in [4.69, 9.17) is 11.6 Å². The standard InChI is InChI=1S/C29H34ClN3O4S/c1-20(2)31-29(35)23(5)32(18-24-12-10-21(3)11-13-24)28(34)19-33(27-9-7-6-8-22(27)4)38(36,37)26-16-14-25(30)15-17-26/h6-17,20,23H,18-19H2,1-5H3,(H,31,35). The Hall–Kier alpha value is -3.36. The number of benzene rings is 3. The third-order valence-corrected chi connectivity index (χ3v) is 8.16. The van der Waals surface area contributed by atoms with Crippen LogP contribution >= 0.6 is 11.6 Å². The molecule has 0 saturated carbocycles. The van der Waals surface area contributed by atoms with E-state index in [1.165, 1.54) is 29.2 Å². The molecular formula is C29H34ClN3O4S. The van der Waals surface area contributed by atoms with E-state index in [1.54, 1.807) is 38.1 Å². The smallest absolute Gasteiger partial charge is 0.264 e. The van der Waals surface area contributed by atoms with E-state index >= 15 is 0 Å². The average Bonchev–Trinajstić information content (AvgIpc) is 2.86. The largest absolute Gasteiger partial charge is 0.352 e. The molecule has 0 fully saturated rings. The van der Waals surface area contributed by atoms with Crippen LogP contribution in [0.15, 0.2) is 77.7 Å². The summed E-state index contributed by atoms with van der Waals surface area (Å²) < 4.78 is 28.8. The number of sulfonamides is 1. The van der Waals surface area contributed by atoms with Crippen LogP contribution in [0.25, 0.3) is 0 Å². The fourth-order valence-corrected chi connectivity index (χ4v) is 5.57. The molecule has 3 rings (SSSR count). The van der Waals surface area contributed by atoms with Crippen LogP contribution < -0.4 is 9.62 Å². The Kier molecular flexibility index (Phi) is 9.57. The number of hydrogen-bond donors (Lipinski definition) is 1. The second-order valence-electron chi connectivity index (χ2n) is 9.60. The Labute approximate surface area is 230 Å². The SMILES string of the molecule is Cc1ccc(CN(C(=O)CN(c2ccccc2C)S(=O)(=O)c2ccc(Cl)cc2)C(C)C(=O)NC(C)C)cc1. The van der Waals surface area contributed by atoms with Gasteiger partial charge in [0.25, 0.3) is 10.0 Å². The van der Waals surface area contributed by atoms with Crippen molar-refractivity contribution in [1.29, 1.82) is 0 Å². The lowest BCUT2D eigenvalue weighted by molar-refractivity contribution is -0.139. The van der Waals surface area contributed by atoms with E-state index in [2.05, 4.69) is 5.32 Å². The summed E-state index contributed by atoms with van der Waals surface area (Å²) in [6.45, 7) is 8.75. The van der Waals surface area contributed by atoms with Gasteiger partial charge >= 0.3 is 0 Å². The highest BCUT2D eigenvalue weighted by Crippen LogP contribution is 2.28. The zero-order chi connectivity index (χ0) is 28.0. The summed E-state index contributed by atoms with van der Waals surface area (Å²) >= 11 is 5.99. The Morgan fingerprint density at radius 1 is 0.895 bits per heavy atom. The van der Waals surface area contributed by atoms with Gasteiger partial charge < -0.3 is 10.2 Å². The highest BCUT2D eigenvalue weighted by molar-refractivity contribution is 7.92. The molecule has 0 aromatic heterocycles. The van der Waals surface area contributed by atoms with Crippen LogP contribution in [0.3, 0.4) is 0 Å².